The molecule has 4 rings (SSSR count). The summed E-state index contributed by atoms with van der Waals surface area (Å²) in [5.74, 6) is -0.298. The molecule has 1 spiro atoms. The maximum Gasteiger partial charge on any atom is 0.264 e. The lowest BCUT2D eigenvalue weighted by molar-refractivity contribution is -0.146. The van der Waals surface area contributed by atoms with Crippen LogP contribution in [0.5, 0.6) is 0 Å². The molecule has 0 aromatic heterocycles. The number of nitrogens with zero attached hydrogens (tertiary/aromatic N) is 1. The maximum atomic E-state index is 14.1. The fourth-order valence-corrected chi connectivity index (χ4v) is 8.70. The Labute approximate surface area is 206 Å². The molecule has 1 fully saturated rings. The number of amides is 1. The van der Waals surface area contributed by atoms with Crippen LogP contribution in [-0.2, 0) is 21.7 Å². The number of rotatable bonds is 5. The summed E-state index contributed by atoms with van der Waals surface area (Å²) < 4.78 is 8.61. The normalized spacial score (nSPS) is 27.9. The fourth-order valence-electron chi connectivity index (χ4n) is 5.38. The molecule has 0 aliphatic carbocycles. The number of carbonyl (C=O) groups excluding carboxylic acids is 1. The van der Waals surface area contributed by atoms with E-state index in [1.54, 1.807) is 0 Å². The van der Waals surface area contributed by atoms with Gasteiger partial charge in [-0.3, -0.25) is 4.79 Å². The molecule has 5 nitrogen and oxygen atoms in total. The lowest BCUT2D eigenvalue weighted by Gasteiger charge is -2.32. The smallest absolute Gasteiger partial charge is 0.264 e. The van der Waals surface area contributed by atoms with E-state index >= 15 is 0 Å². The number of fused-ring (bicyclic) bond motifs is 2. The molecule has 2 aliphatic rings. The molecular formula is C23H27BrINO4Si. The summed E-state index contributed by atoms with van der Waals surface area (Å²) >= 11 is 5.83. The van der Waals surface area contributed by atoms with Crippen molar-refractivity contribution in [2.45, 2.75) is 50.2 Å². The summed E-state index contributed by atoms with van der Waals surface area (Å²) in [6.07, 6.45) is 0.0438. The molecule has 4 atom stereocenters. The molecule has 0 saturated carbocycles. The predicted molar refractivity (Wildman–Crippen MR) is 135 cm³/mol. The zero-order chi connectivity index (χ0) is 22.6. The third kappa shape index (κ3) is 3.93. The predicted octanol–water partition coefficient (Wildman–Crippen LogP) is 4.78. The molecule has 0 radical (unpaired) electrons. The van der Waals surface area contributed by atoms with Crippen LogP contribution >= 0.6 is 38.5 Å². The summed E-state index contributed by atoms with van der Waals surface area (Å²) in [5.41, 5.74) is 1.42. The SMILES string of the molecule is C[C@@H]1[C@@H]([Si](C)(C)O)[C@H](CCO)O[C@@]12C(=O)N(Cc1ccc(I)cc1)c1ccc(Br)cc12. The fraction of sp³-hybridized carbons (Fsp3) is 0.435. The number of halogens is 2. The molecule has 2 aliphatic heterocycles. The molecule has 2 heterocycles. The Balaban J connectivity index is 1.82. The van der Waals surface area contributed by atoms with E-state index in [2.05, 4.69) is 38.5 Å². The van der Waals surface area contributed by atoms with Crippen molar-refractivity contribution in [2.24, 2.45) is 5.92 Å². The van der Waals surface area contributed by atoms with E-state index in [9.17, 15) is 14.7 Å². The van der Waals surface area contributed by atoms with Gasteiger partial charge in [0.05, 0.1) is 18.3 Å². The van der Waals surface area contributed by atoms with Crippen LogP contribution < -0.4 is 4.90 Å². The van der Waals surface area contributed by atoms with Gasteiger partial charge < -0.3 is 19.5 Å². The Morgan fingerprint density at radius 1 is 1.23 bits per heavy atom. The van der Waals surface area contributed by atoms with Crippen molar-refractivity contribution >= 4 is 58.4 Å². The van der Waals surface area contributed by atoms with Gasteiger partial charge in [-0.15, -0.1) is 0 Å². The number of aliphatic hydroxyl groups excluding tert-OH is 1. The topological polar surface area (TPSA) is 70.0 Å². The second-order valence-corrected chi connectivity index (χ2v) is 15.2. The van der Waals surface area contributed by atoms with Gasteiger partial charge in [0.25, 0.3) is 5.91 Å². The van der Waals surface area contributed by atoms with Gasteiger partial charge in [0.2, 0.25) is 0 Å². The summed E-state index contributed by atoms with van der Waals surface area (Å²) in [6, 6.07) is 14.0. The molecule has 166 valence electrons. The molecule has 1 amide bonds. The van der Waals surface area contributed by atoms with Crippen molar-refractivity contribution in [1.29, 1.82) is 0 Å². The van der Waals surface area contributed by atoms with Gasteiger partial charge in [0, 0.05) is 31.7 Å². The maximum absolute atomic E-state index is 14.1. The summed E-state index contributed by atoms with van der Waals surface area (Å²) in [4.78, 5) is 27.0. The highest BCUT2D eigenvalue weighted by Gasteiger charge is 2.66. The molecule has 0 bridgehead atoms. The van der Waals surface area contributed by atoms with E-state index in [0.29, 0.717) is 13.0 Å². The Hall–Kier alpha value is -0.783. The summed E-state index contributed by atoms with van der Waals surface area (Å²) in [7, 11) is -2.67. The Morgan fingerprint density at radius 3 is 2.52 bits per heavy atom. The first-order valence-electron chi connectivity index (χ1n) is 10.5. The van der Waals surface area contributed by atoms with Crippen LogP contribution in [0.2, 0.25) is 18.6 Å². The van der Waals surface area contributed by atoms with Crippen molar-refractivity contribution in [1.82, 2.24) is 0 Å². The highest BCUT2D eigenvalue weighted by Crippen LogP contribution is 2.60. The van der Waals surface area contributed by atoms with Crippen LogP contribution in [0.15, 0.2) is 46.9 Å². The van der Waals surface area contributed by atoms with Crippen LogP contribution in [0.4, 0.5) is 5.69 Å². The van der Waals surface area contributed by atoms with Crippen molar-refractivity contribution in [3.63, 3.8) is 0 Å². The second kappa shape index (κ2) is 8.53. The van der Waals surface area contributed by atoms with E-state index < -0.39 is 13.9 Å². The van der Waals surface area contributed by atoms with Crippen LogP contribution in [0, 0.1) is 9.49 Å². The molecule has 0 unspecified atom stereocenters. The van der Waals surface area contributed by atoms with Gasteiger partial charge in [0.1, 0.15) is 0 Å². The third-order valence-electron chi connectivity index (χ3n) is 6.61. The van der Waals surface area contributed by atoms with E-state index in [0.717, 1.165) is 24.9 Å². The van der Waals surface area contributed by atoms with Crippen LogP contribution in [0.1, 0.15) is 24.5 Å². The average molecular weight is 616 g/mol. The first kappa shape index (κ1) is 23.4. The highest BCUT2D eigenvalue weighted by molar-refractivity contribution is 14.1. The van der Waals surface area contributed by atoms with Gasteiger partial charge in [-0.05, 0) is 78.0 Å². The minimum atomic E-state index is -2.67. The van der Waals surface area contributed by atoms with Crippen molar-refractivity contribution < 1.29 is 19.4 Å². The van der Waals surface area contributed by atoms with Crippen LogP contribution in [0.3, 0.4) is 0 Å². The van der Waals surface area contributed by atoms with Gasteiger partial charge in [-0.1, -0.05) is 35.0 Å². The standard InChI is InChI=1S/C23H27BrINO4Si/c1-14-21(31(2,3)29)20(10-11-27)30-23(14)18-12-16(24)6-9-19(18)26(22(23)28)13-15-4-7-17(25)8-5-15/h4-9,12,14,20-21,27,29H,10-11,13H2,1-3H3/t14-,20+,21-,23+/m1/s1. The van der Waals surface area contributed by atoms with Gasteiger partial charge in [0.15, 0.2) is 13.9 Å². The minimum Gasteiger partial charge on any atom is -0.432 e. The van der Waals surface area contributed by atoms with Crippen molar-refractivity contribution in [3.8, 4) is 0 Å². The number of hydrogen-bond donors (Lipinski definition) is 2. The van der Waals surface area contributed by atoms with Gasteiger partial charge >= 0.3 is 0 Å². The lowest BCUT2D eigenvalue weighted by Crippen LogP contribution is -2.46. The number of aliphatic hydroxyl groups is 1. The largest absolute Gasteiger partial charge is 0.432 e. The van der Waals surface area contributed by atoms with Crippen molar-refractivity contribution in [3.05, 3.63) is 61.6 Å². The number of anilines is 1. The minimum absolute atomic E-state index is 0.0413. The van der Waals surface area contributed by atoms with E-state index in [1.807, 2.05) is 67.4 Å². The average Bonchev–Trinajstić information content (AvgIpc) is 3.11. The summed E-state index contributed by atoms with van der Waals surface area (Å²) in [5, 5.41) is 9.65. The van der Waals surface area contributed by atoms with E-state index in [1.165, 1.54) is 0 Å². The molecule has 2 N–H and O–H groups in total. The van der Waals surface area contributed by atoms with Crippen LogP contribution in [-0.4, -0.2) is 36.8 Å². The molecule has 1 saturated heterocycles. The number of ether oxygens (including phenoxy) is 1. The Kier molecular flexibility index (Phi) is 6.43. The Morgan fingerprint density at radius 2 is 1.90 bits per heavy atom. The monoisotopic (exact) mass is 615 g/mol. The zero-order valence-corrected chi connectivity index (χ0v) is 22.6. The molecule has 31 heavy (non-hydrogen) atoms. The Bertz CT molecular complexity index is 996. The summed E-state index contributed by atoms with van der Waals surface area (Å²) in [6.45, 7) is 6.22. The number of carbonyl (C=O) groups is 1. The molecule has 8 heteroatoms. The van der Waals surface area contributed by atoms with Gasteiger partial charge in [-0.25, -0.2) is 0 Å². The quantitative estimate of drug-likeness (QED) is 0.375. The number of hydrogen-bond acceptors (Lipinski definition) is 4. The second-order valence-electron chi connectivity index (χ2n) is 9.05. The van der Waals surface area contributed by atoms with E-state index in [-0.39, 0.29) is 30.1 Å². The van der Waals surface area contributed by atoms with E-state index in [4.69, 9.17) is 4.74 Å². The lowest BCUT2D eigenvalue weighted by atomic mass is 9.82. The van der Waals surface area contributed by atoms with Gasteiger partial charge in [-0.2, -0.15) is 0 Å². The zero-order valence-electron chi connectivity index (χ0n) is 17.8. The highest BCUT2D eigenvalue weighted by atomic mass is 127. The molecular weight excluding hydrogens is 589 g/mol. The first-order valence-corrected chi connectivity index (χ1v) is 15.4. The first-order chi connectivity index (χ1) is 14.6. The third-order valence-corrected chi connectivity index (χ3v) is 10.3. The molecule has 2 aromatic carbocycles. The van der Waals surface area contributed by atoms with Crippen molar-refractivity contribution in [2.75, 3.05) is 11.5 Å². The van der Waals surface area contributed by atoms with Crippen LogP contribution in [0.25, 0.3) is 0 Å². The number of benzene rings is 2. The molecule has 2 aromatic rings.